The lowest BCUT2D eigenvalue weighted by atomic mass is 10.2. The summed E-state index contributed by atoms with van der Waals surface area (Å²) in [4.78, 5) is 13.3. The fraction of sp³-hybridized carbons (Fsp3) is 0.533. The Hall–Kier alpha value is -1.59. The second kappa shape index (κ2) is 6.72. The summed E-state index contributed by atoms with van der Waals surface area (Å²) in [5.41, 5.74) is 1.18. The molecule has 1 saturated heterocycles. The van der Waals surface area contributed by atoms with Crippen molar-refractivity contribution in [1.29, 1.82) is 0 Å². The number of amides is 1. The van der Waals surface area contributed by atoms with Gasteiger partial charge in [0.2, 0.25) is 5.91 Å². The van der Waals surface area contributed by atoms with Crippen molar-refractivity contribution in [3.05, 3.63) is 29.8 Å². The van der Waals surface area contributed by atoms with Gasteiger partial charge < -0.3 is 19.8 Å². The minimum Gasteiger partial charge on any atom is -0.494 e. The molecule has 1 aromatic carbocycles. The molecule has 1 heterocycles. The minimum absolute atomic E-state index is 0.0480. The summed E-state index contributed by atoms with van der Waals surface area (Å²) in [5.74, 6) is 0.753. The molecule has 5 heteroatoms. The number of benzene rings is 1. The van der Waals surface area contributed by atoms with Crippen LogP contribution >= 0.6 is 0 Å². The zero-order chi connectivity index (χ0) is 14.5. The van der Waals surface area contributed by atoms with Gasteiger partial charge in [0.1, 0.15) is 5.75 Å². The standard InChI is InChI=1S/C15H21NO4/c1-11-4-6-12(7-5-11)20-8-2-3-15(19)16-9-13(17)14(18)10-16/h4-7,13-14,17-18H,2-3,8-10H2,1H3. The number of nitrogens with zero attached hydrogens (tertiary/aromatic N) is 1. The maximum absolute atomic E-state index is 11.8. The van der Waals surface area contributed by atoms with Crippen LogP contribution < -0.4 is 4.74 Å². The SMILES string of the molecule is Cc1ccc(OCCCC(=O)N2CC(O)C(O)C2)cc1. The van der Waals surface area contributed by atoms with Gasteiger partial charge in [-0.3, -0.25) is 4.79 Å². The number of β-amino-alcohol motifs (C(OH)–C–C–N with tert-alkyl or cyclic N) is 2. The number of aryl methyl sites for hydroxylation is 1. The fourth-order valence-electron chi connectivity index (χ4n) is 2.18. The smallest absolute Gasteiger partial charge is 0.222 e. The van der Waals surface area contributed by atoms with Crippen molar-refractivity contribution in [2.24, 2.45) is 0 Å². The molecule has 0 bridgehead atoms. The van der Waals surface area contributed by atoms with Crippen LogP contribution in [0.2, 0.25) is 0 Å². The second-order valence-electron chi connectivity index (χ2n) is 5.20. The van der Waals surface area contributed by atoms with Gasteiger partial charge in [0.05, 0.1) is 18.8 Å². The minimum atomic E-state index is -0.817. The molecule has 2 atom stereocenters. The molecular weight excluding hydrogens is 258 g/mol. The van der Waals surface area contributed by atoms with Crippen molar-refractivity contribution in [1.82, 2.24) is 4.90 Å². The Morgan fingerprint density at radius 2 is 1.85 bits per heavy atom. The summed E-state index contributed by atoms with van der Waals surface area (Å²) >= 11 is 0. The van der Waals surface area contributed by atoms with E-state index in [9.17, 15) is 15.0 Å². The molecule has 5 nitrogen and oxygen atoms in total. The quantitative estimate of drug-likeness (QED) is 0.779. The molecule has 1 aliphatic heterocycles. The Balaban J connectivity index is 1.66. The first kappa shape index (κ1) is 14.8. The zero-order valence-corrected chi connectivity index (χ0v) is 11.7. The van der Waals surface area contributed by atoms with E-state index in [-0.39, 0.29) is 19.0 Å². The second-order valence-corrected chi connectivity index (χ2v) is 5.20. The van der Waals surface area contributed by atoms with Crippen molar-refractivity contribution < 1.29 is 19.7 Å². The van der Waals surface area contributed by atoms with Crippen LogP contribution in [-0.4, -0.2) is 52.9 Å². The van der Waals surface area contributed by atoms with Crippen LogP contribution in [0.1, 0.15) is 18.4 Å². The lowest BCUT2D eigenvalue weighted by molar-refractivity contribution is -0.130. The van der Waals surface area contributed by atoms with Gasteiger partial charge in [-0.25, -0.2) is 0 Å². The van der Waals surface area contributed by atoms with Gasteiger partial charge >= 0.3 is 0 Å². The van der Waals surface area contributed by atoms with Crippen LogP contribution in [0.3, 0.4) is 0 Å². The molecule has 110 valence electrons. The van der Waals surface area contributed by atoms with Gasteiger partial charge in [-0.2, -0.15) is 0 Å². The van der Waals surface area contributed by atoms with E-state index in [0.717, 1.165) is 5.75 Å². The molecule has 0 aromatic heterocycles. The molecule has 1 fully saturated rings. The molecule has 2 N–H and O–H groups in total. The third-order valence-corrected chi connectivity index (χ3v) is 3.44. The zero-order valence-electron chi connectivity index (χ0n) is 11.7. The number of rotatable bonds is 5. The van der Waals surface area contributed by atoms with Crippen LogP contribution in [0.4, 0.5) is 0 Å². The summed E-state index contributed by atoms with van der Waals surface area (Å²) < 4.78 is 5.55. The number of hydrogen-bond donors (Lipinski definition) is 2. The Kier molecular flexibility index (Phi) is 4.98. The lowest BCUT2D eigenvalue weighted by Gasteiger charge is -2.15. The fourth-order valence-corrected chi connectivity index (χ4v) is 2.18. The molecule has 0 radical (unpaired) electrons. The van der Waals surface area contributed by atoms with E-state index in [4.69, 9.17) is 4.74 Å². The largest absolute Gasteiger partial charge is 0.494 e. The highest BCUT2D eigenvalue weighted by Crippen LogP contribution is 2.14. The topological polar surface area (TPSA) is 70.0 Å². The molecule has 1 aromatic rings. The lowest BCUT2D eigenvalue weighted by Crippen LogP contribution is -2.29. The average Bonchev–Trinajstić information content (AvgIpc) is 2.77. The van der Waals surface area contributed by atoms with Crippen LogP contribution in [0.25, 0.3) is 0 Å². The van der Waals surface area contributed by atoms with Crippen molar-refractivity contribution in [3.8, 4) is 5.75 Å². The normalized spacial score (nSPS) is 22.1. The molecule has 0 saturated carbocycles. The van der Waals surface area contributed by atoms with Crippen molar-refractivity contribution in [2.75, 3.05) is 19.7 Å². The Morgan fingerprint density at radius 3 is 2.45 bits per heavy atom. The Bertz CT molecular complexity index is 436. The Morgan fingerprint density at radius 1 is 1.25 bits per heavy atom. The Labute approximate surface area is 118 Å². The number of likely N-dealkylation sites (tertiary alicyclic amines) is 1. The molecular formula is C15H21NO4. The van der Waals surface area contributed by atoms with Gasteiger partial charge in [-0.1, -0.05) is 17.7 Å². The van der Waals surface area contributed by atoms with E-state index in [1.807, 2.05) is 31.2 Å². The summed E-state index contributed by atoms with van der Waals surface area (Å²) in [6.07, 6.45) is -0.647. The summed E-state index contributed by atoms with van der Waals surface area (Å²) in [6.45, 7) is 2.94. The van der Waals surface area contributed by atoms with E-state index in [1.165, 1.54) is 10.5 Å². The van der Waals surface area contributed by atoms with Gasteiger partial charge in [-0.05, 0) is 25.5 Å². The molecule has 0 spiro atoms. The number of carbonyl (C=O) groups is 1. The van der Waals surface area contributed by atoms with Crippen LogP contribution in [-0.2, 0) is 4.79 Å². The van der Waals surface area contributed by atoms with Gasteiger partial charge in [0, 0.05) is 19.5 Å². The van der Waals surface area contributed by atoms with Crippen molar-refractivity contribution in [3.63, 3.8) is 0 Å². The maximum Gasteiger partial charge on any atom is 0.222 e. The number of aliphatic hydroxyl groups excluding tert-OH is 2. The summed E-state index contributed by atoms with van der Waals surface area (Å²) in [5, 5.41) is 18.8. The first-order chi connectivity index (χ1) is 9.56. The average molecular weight is 279 g/mol. The number of aliphatic hydroxyl groups is 2. The van der Waals surface area contributed by atoms with E-state index < -0.39 is 12.2 Å². The first-order valence-corrected chi connectivity index (χ1v) is 6.89. The molecule has 1 amide bonds. The summed E-state index contributed by atoms with van der Waals surface area (Å²) in [6, 6.07) is 7.77. The van der Waals surface area contributed by atoms with E-state index in [0.29, 0.717) is 19.4 Å². The first-order valence-electron chi connectivity index (χ1n) is 6.89. The third-order valence-electron chi connectivity index (χ3n) is 3.44. The highest BCUT2D eigenvalue weighted by atomic mass is 16.5. The highest BCUT2D eigenvalue weighted by molar-refractivity contribution is 5.76. The summed E-state index contributed by atoms with van der Waals surface area (Å²) in [7, 11) is 0. The van der Waals surface area contributed by atoms with E-state index in [2.05, 4.69) is 0 Å². The monoisotopic (exact) mass is 279 g/mol. The number of ether oxygens (including phenoxy) is 1. The molecule has 1 aliphatic rings. The van der Waals surface area contributed by atoms with Gasteiger partial charge in [0.25, 0.3) is 0 Å². The van der Waals surface area contributed by atoms with Crippen LogP contribution in [0.15, 0.2) is 24.3 Å². The van der Waals surface area contributed by atoms with Crippen molar-refractivity contribution >= 4 is 5.91 Å². The molecule has 20 heavy (non-hydrogen) atoms. The highest BCUT2D eigenvalue weighted by Gasteiger charge is 2.31. The predicted molar refractivity (Wildman–Crippen MR) is 74.5 cm³/mol. The number of hydrogen-bond acceptors (Lipinski definition) is 4. The van der Waals surface area contributed by atoms with Crippen molar-refractivity contribution in [2.45, 2.75) is 32.0 Å². The van der Waals surface area contributed by atoms with Gasteiger partial charge in [0.15, 0.2) is 0 Å². The molecule has 2 unspecified atom stereocenters. The molecule has 0 aliphatic carbocycles. The van der Waals surface area contributed by atoms with Crippen LogP contribution in [0.5, 0.6) is 5.75 Å². The van der Waals surface area contributed by atoms with E-state index in [1.54, 1.807) is 0 Å². The predicted octanol–water partition coefficient (Wildman–Crippen LogP) is 0.718. The van der Waals surface area contributed by atoms with Gasteiger partial charge in [-0.15, -0.1) is 0 Å². The number of carbonyl (C=O) groups excluding carboxylic acids is 1. The third kappa shape index (κ3) is 3.95. The molecule has 2 rings (SSSR count). The van der Waals surface area contributed by atoms with E-state index >= 15 is 0 Å². The van der Waals surface area contributed by atoms with Crippen LogP contribution in [0, 0.1) is 6.92 Å². The maximum atomic E-state index is 11.8.